The maximum Gasteiger partial charge on any atom is 0.327 e. The minimum absolute atomic E-state index is 0.162. The fourth-order valence-corrected chi connectivity index (χ4v) is 5.49. The predicted molar refractivity (Wildman–Crippen MR) is 90.2 cm³/mol. The summed E-state index contributed by atoms with van der Waals surface area (Å²) >= 11 is 0. The minimum Gasteiger partial charge on any atom is -0.468 e. The van der Waals surface area contributed by atoms with Crippen LogP contribution in [0.5, 0.6) is 0 Å². The molecular formula is C20H24O4. The highest BCUT2D eigenvalue weighted by Crippen LogP contribution is 2.89. The third-order valence-electron chi connectivity index (χ3n) is 6.05. The molecule has 0 bridgehead atoms. The van der Waals surface area contributed by atoms with E-state index in [1.807, 2.05) is 32.0 Å². The van der Waals surface area contributed by atoms with Gasteiger partial charge in [-0.2, -0.15) is 0 Å². The lowest BCUT2D eigenvalue weighted by atomic mass is 9.54. The Labute approximate surface area is 142 Å². The van der Waals surface area contributed by atoms with Crippen LogP contribution in [0.3, 0.4) is 0 Å². The van der Waals surface area contributed by atoms with E-state index >= 15 is 0 Å². The topological polar surface area (TPSA) is 52.6 Å². The van der Waals surface area contributed by atoms with E-state index in [0.717, 1.165) is 16.7 Å². The standard InChI is InChI=1S/C20H24O4/c1-12(2)14-19(16(21)23-5,17(22)24-6)15-18(3,4)20(14,15)13-10-8-7-9-11-13/h7-11,15H,1-6H3/t15?,20-/m0/s1. The van der Waals surface area contributed by atoms with Gasteiger partial charge in [-0.1, -0.05) is 49.8 Å². The molecule has 0 aromatic heterocycles. The zero-order chi connectivity index (χ0) is 17.9. The molecule has 128 valence electrons. The number of methoxy groups -OCH3 is 2. The first-order valence-corrected chi connectivity index (χ1v) is 8.16. The molecule has 0 saturated heterocycles. The number of ether oxygens (including phenoxy) is 2. The molecule has 2 saturated carbocycles. The monoisotopic (exact) mass is 328 g/mol. The van der Waals surface area contributed by atoms with Gasteiger partial charge in [0.1, 0.15) is 0 Å². The normalized spacial score (nSPS) is 28.2. The molecule has 0 amide bonds. The van der Waals surface area contributed by atoms with Crippen molar-refractivity contribution in [3.8, 4) is 0 Å². The number of carbonyl (C=O) groups excluding carboxylic acids is 2. The average molecular weight is 328 g/mol. The highest BCUT2D eigenvalue weighted by atomic mass is 16.5. The summed E-state index contributed by atoms with van der Waals surface area (Å²) in [5.41, 5.74) is 1.08. The van der Waals surface area contributed by atoms with Crippen molar-refractivity contribution in [1.82, 2.24) is 0 Å². The summed E-state index contributed by atoms with van der Waals surface area (Å²) in [4.78, 5) is 25.5. The van der Waals surface area contributed by atoms with E-state index in [1.165, 1.54) is 14.2 Å². The number of allylic oxidation sites excluding steroid dienone is 1. The summed E-state index contributed by atoms with van der Waals surface area (Å²) in [6.45, 7) is 8.12. The molecule has 2 aliphatic carbocycles. The maximum atomic E-state index is 12.8. The van der Waals surface area contributed by atoms with Crippen molar-refractivity contribution in [1.29, 1.82) is 0 Å². The van der Waals surface area contributed by atoms with Gasteiger partial charge in [0.05, 0.1) is 14.2 Å². The fraction of sp³-hybridized carbons (Fsp3) is 0.500. The number of hydrogen-bond acceptors (Lipinski definition) is 4. The molecule has 0 radical (unpaired) electrons. The molecule has 0 N–H and O–H groups in total. The van der Waals surface area contributed by atoms with Crippen LogP contribution in [-0.2, 0) is 24.5 Å². The first kappa shape index (κ1) is 16.7. The van der Waals surface area contributed by atoms with Gasteiger partial charge in [0, 0.05) is 11.3 Å². The van der Waals surface area contributed by atoms with Gasteiger partial charge in [0.25, 0.3) is 0 Å². The highest BCUT2D eigenvalue weighted by molar-refractivity contribution is 6.10. The SMILES string of the molecule is COC(=O)C1(C(=O)OC)C(=C(C)C)[C@@]2(c3ccccc3)C1C2(C)C. The molecule has 2 atom stereocenters. The lowest BCUT2D eigenvalue weighted by Gasteiger charge is -2.46. The van der Waals surface area contributed by atoms with Gasteiger partial charge in [0.2, 0.25) is 0 Å². The molecule has 1 aromatic rings. The van der Waals surface area contributed by atoms with E-state index in [9.17, 15) is 9.59 Å². The van der Waals surface area contributed by atoms with Crippen molar-refractivity contribution < 1.29 is 19.1 Å². The second kappa shape index (κ2) is 4.95. The van der Waals surface area contributed by atoms with Crippen molar-refractivity contribution in [3.63, 3.8) is 0 Å². The molecule has 4 heteroatoms. The summed E-state index contributed by atoms with van der Waals surface area (Å²) in [6, 6.07) is 10.1. The van der Waals surface area contributed by atoms with Gasteiger partial charge >= 0.3 is 11.9 Å². The van der Waals surface area contributed by atoms with E-state index < -0.39 is 17.4 Å². The Bertz CT molecular complexity index is 724. The second-order valence-electron chi connectivity index (χ2n) is 7.49. The van der Waals surface area contributed by atoms with Crippen LogP contribution in [0.25, 0.3) is 0 Å². The van der Waals surface area contributed by atoms with Gasteiger partial charge in [-0.25, -0.2) is 0 Å². The largest absolute Gasteiger partial charge is 0.468 e. The maximum absolute atomic E-state index is 12.8. The van der Waals surface area contributed by atoms with E-state index in [1.54, 1.807) is 0 Å². The quantitative estimate of drug-likeness (QED) is 0.485. The number of carbonyl (C=O) groups is 2. The summed E-state index contributed by atoms with van der Waals surface area (Å²) in [7, 11) is 2.65. The van der Waals surface area contributed by atoms with Crippen LogP contribution in [0.15, 0.2) is 41.5 Å². The second-order valence-corrected chi connectivity index (χ2v) is 7.49. The third kappa shape index (κ3) is 1.50. The lowest BCUT2D eigenvalue weighted by molar-refractivity contribution is -0.172. The van der Waals surface area contributed by atoms with Crippen LogP contribution in [0, 0.1) is 16.7 Å². The zero-order valence-corrected chi connectivity index (χ0v) is 15.1. The summed E-state index contributed by atoms with van der Waals surface area (Å²) < 4.78 is 10.1. The average Bonchev–Trinajstić information content (AvgIpc) is 2.98. The van der Waals surface area contributed by atoms with Crippen LogP contribution < -0.4 is 0 Å². The molecule has 24 heavy (non-hydrogen) atoms. The van der Waals surface area contributed by atoms with E-state index in [0.29, 0.717) is 0 Å². The molecule has 1 unspecified atom stereocenters. The van der Waals surface area contributed by atoms with E-state index in [2.05, 4.69) is 26.0 Å². The highest BCUT2D eigenvalue weighted by Gasteiger charge is 2.94. The fourth-order valence-electron chi connectivity index (χ4n) is 5.49. The number of fused-ring (bicyclic) bond motifs is 1. The van der Waals surface area contributed by atoms with Crippen molar-refractivity contribution in [3.05, 3.63) is 47.0 Å². The summed E-state index contributed by atoms with van der Waals surface area (Å²) in [5, 5.41) is 0. The summed E-state index contributed by atoms with van der Waals surface area (Å²) in [6.07, 6.45) is 0. The molecule has 4 nitrogen and oxygen atoms in total. The minimum atomic E-state index is -1.33. The van der Waals surface area contributed by atoms with Gasteiger partial charge < -0.3 is 9.47 Å². The molecule has 0 spiro atoms. The van der Waals surface area contributed by atoms with Gasteiger partial charge in [-0.15, -0.1) is 0 Å². The van der Waals surface area contributed by atoms with Crippen molar-refractivity contribution in [2.45, 2.75) is 33.1 Å². The number of benzene rings is 1. The van der Waals surface area contributed by atoms with Crippen LogP contribution >= 0.6 is 0 Å². The molecule has 3 rings (SSSR count). The van der Waals surface area contributed by atoms with Crippen molar-refractivity contribution >= 4 is 11.9 Å². The molecule has 0 heterocycles. The van der Waals surface area contributed by atoms with Gasteiger partial charge in [0.15, 0.2) is 5.41 Å². The van der Waals surface area contributed by atoms with Crippen molar-refractivity contribution in [2.75, 3.05) is 14.2 Å². The zero-order valence-electron chi connectivity index (χ0n) is 15.1. The molecule has 1 aromatic carbocycles. The summed E-state index contributed by atoms with van der Waals surface area (Å²) in [5.74, 6) is -1.20. The van der Waals surface area contributed by atoms with Crippen LogP contribution in [0.4, 0.5) is 0 Å². The van der Waals surface area contributed by atoms with Crippen LogP contribution in [0.2, 0.25) is 0 Å². The van der Waals surface area contributed by atoms with Crippen LogP contribution in [-0.4, -0.2) is 26.2 Å². The van der Waals surface area contributed by atoms with Gasteiger partial charge in [-0.3, -0.25) is 9.59 Å². The Morgan fingerprint density at radius 1 is 0.958 bits per heavy atom. The van der Waals surface area contributed by atoms with Crippen LogP contribution in [0.1, 0.15) is 33.3 Å². The van der Waals surface area contributed by atoms with E-state index in [-0.39, 0.29) is 16.7 Å². The Kier molecular flexibility index (Phi) is 3.45. The number of hydrogen-bond donors (Lipinski definition) is 0. The molecule has 0 aliphatic heterocycles. The lowest BCUT2D eigenvalue weighted by Crippen LogP contribution is -2.56. The van der Waals surface area contributed by atoms with Crippen molar-refractivity contribution in [2.24, 2.45) is 16.7 Å². The number of rotatable bonds is 3. The molecular weight excluding hydrogens is 304 g/mol. The Morgan fingerprint density at radius 3 is 1.88 bits per heavy atom. The Morgan fingerprint density at radius 2 is 1.46 bits per heavy atom. The smallest absolute Gasteiger partial charge is 0.327 e. The molecule has 2 aliphatic rings. The first-order chi connectivity index (χ1) is 11.2. The number of esters is 2. The van der Waals surface area contributed by atoms with Gasteiger partial charge in [-0.05, 0) is 30.4 Å². The Balaban J connectivity index is 2.30. The first-order valence-electron chi connectivity index (χ1n) is 8.16. The third-order valence-corrected chi connectivity index (χ3v) is 6.05. The Hall–Kier alpha value is -2.10. The molecule has 2 fully saturated rings. The van der Waals surface area contributed by atoms with E-state index in [4.69, 9.17) is 9.47 Å². The predicted octanol–water partition coefficient (Wildman–Crippen LogP) is 3.26.